The average molecular weight is 251 g/mol. The monoisotopic (exact) mass is 251 g/mol. The Hall–Kier alpha value is -1.82. The topological polar surface area (TPSA) is 91.2 Å². The zero-order chi connectivity index (χ0) is 12.6. The number of aromatic nitrogens is 1. The number of carbonyl (C=O) groups is 1. The van der Waals surface area contributed by atoms with E-state index in [4.69, 9.17) is 16.2 Å². The van der Waals surface area contributed by atoms with Crippen LogP contribution in [0.2, 0.25) is 0 Å². The molecule has 0 saturated heterocycles. The summed E-state index contributed by atoms with van der Waals surface area (Å²) in [6.07, 6.45) is -0.00995. The van der Waals surface area contributed by atoms with E-state index in [1.54, 1.807) is 12.1 Å². The van der Waals surface area contributed by atoms with Gasteiger partial charge in [0, 0.05) is 5.56 Å². The van der Waals surface area contributed by atoms with Gasteiger partial charge in [-0.1, -0.05) is 11.3 Å². The zero-order valence-electron chi connectivity index (χ0n) is 9.56. The normalized spacial score (nSPS) is 11.0. The van der Waals surface area contributed by atoms with Crippen molar-refractivity contribution in [2.75, 3.05) is 5.73 Å². The number of hydrogen-bond acceptors (Lipinski definition) is 5. The van der Waals surface area contributed by atoms with Crippen LogP contribution in [-0.4, -0.2) is 17.0 Å². The molecule has 1 aromatic heterocycles. The van der Waals surface area contributed by atoms with Crippen LogP contribution in [0.1, 0.15) is 24.2 Å². The summed E-state index contributed by atoms with van der Waals surface area (Å²) in [4.78, 5) is 15.4. The summed E-state index contributed by atoms with van der Waals surface area (Å²) in [6, 6.07) is 3.28. The molecule has 0 unspecified atom stereocenters. The molecule has 6 heteroatoms. The maximum atomic E-state index is 11.2. The number of nitrogens with zero attached hydrogens (tertiary/aromatic N) is 1. The van der Waals surface area contributed by atoms with Gasteiger partial charge in [0.2, 0.25) is 5.91 Å². The van der Waals surface area contributed by atoms with Crippen molar-refractivity contribution in [2.24, 2.45) is 5.73 Å². The Kier molecular flexibility index (Phi) is 2.89. The van der Waals surface area contributed by atoms with Crippen molar-refractivity contribution in [2.45, 2.75) is 20.0 Å². The molecular weight excluding hydrogens is 238 g/mol. The van der Waals surface area contributed by atoms with Gasteiger partial charge in [-0.15, -0.1) is 0 Å². The van der Waals surface area contributed by atoms with Crippen molar-refractivity contribution in [1.29, 1.82) is 0 Å². The Balaban J connectivity index is 2.64. The number of fused-ring (bicyclic) bond motifs is 1. The van der Waals surface area contributed by atoms with Gasteiger partial charge in [0.05, 0.1) is 10.8 Å². The molecule has 17 heavy (non-hydrogen) atoms. The molecule has 0 radical (unpaired) electrons. The van der Waals surface area contributed by atoms with Gasteiger partial charge in [-0.2, -0.15) is 0 Å². The van der Waals surface area contributed by atoms with E-state index in [2.05, 4.69) is 4.98 Å². The van der Waals surface area contributed by atoms with Gasteiger partial charge in [-0.05, 0) is 26.0 Å². The van der Waals surface area contributed by atoms with Crippen LogP contribution in [0, 0.1) is 0 Å². The second-order valence-electron chi connectivity index (χ2n) is 3.90. The van der Waals surface area contributed by atoms with E-state index in [-0.39, 0.29) is 6.10 Å². The number of nitrogen functional groups attached to an aromatic ring is 1. The predicted molar refractivity (Wildman–Crippen MR) is 68.3 cm³/mol. The molecule has 1 aromatic carbocycles. The first-order valence-corrected chi connectivity index (χ1v) is 5.95. The highest BCUT2D eigenvalue weighted by Crippen LogP contribution is 2.33. The third-order valence-electron chi connectivity index (χ3n) is 2.12. The van der Waals surface area contributed by atoms with E-state index < -0.39 is 5.91 Å². The van der Waals surface area contributed by atoms with Crippen LogP contribution >= 0.6 is 11.3 Å². The van der Waals surface area contributed by atoms with Gasteiger partial charge in [0.1, 0.15) is 11.3 Å². The lowest BCUT2D eigenvalue weighted by Gasteiger charge is -2.10. The molecule has 0 saturated carbocycles. The summed E-state index contributed by atoms with van der Waals surface area (Å²) >= 11 is 1.30. The number of carbonyl (C=O) groups excluding carboxylic acids is 1. The Morgan fingerprint density at radius 2 is 2.18 bits per heavy atom. The molecule has 0 fully saturated rings. The third kappa shape index (κ3) is 2.31. The largest absolute Gasteiger partial charge is 0.489 e. The summed E-state index contributed by atoms with van der Waals surface area (Å²) in [5, 5.41) is 0.440. The molecule has 1 heterocycles. The molecule has 1 amide bonds. The first-order chi connectivity index (χ1) is 7.97. The lowest BCUT2D eigenvalue weighted by Crippen LogP contribution is -2.12. The van der Waals surface area contributed by atoms with Crippen LogP contribution < -0.4 is 16.2 Å². The fraction of sp³-hybridized carbons (Fsp3) is 0.273. The van der Waals surface area contributed by atoms with Crippen LogP contribution in [0.5, 0.6) is 5.75 Å². The standard InChI is InChI=1S/C11H13N3O2S/c1-5(2)16-7-3-6(10(12)15)4-8-9(7)14-11(13)17-8/h3-5H,1-2H3,(H2,12,15)(H2,13,14). The molecule has 0 atom stereocenters. The lowest BCUT2D eigenvalue weighted by atomic mass is 10.2. The molecule has 0 bridgehead atoms. The Morgan fingerprint density at radius 3 is 2.76 bits per heavy atom. The number of thiazole rings is 1. The van der Waals surface area contributed by atoms with Gasteiger partial charge in [0.15, 0.2) is 5.13 Å². The van der Waals surface area contributed by atoms with Crippen LogP contribution in [-0.2, 0) is 0 Å². The van der Waals surface area contributed by atoms with Crippen molar-refractivity contribution in [1.82, 2.24) is 4.98 Å². The number of nitrogens with two attached hydrogens (primary N) is 2. The predicted octanol–water partition coefficient (Wildman–Crippen LogP) is 1.76. The molecule has 0 spiro atoms. The first-order valence-electron chi connectivity index (χ1n) is 5.14. The van der Waals surface area contributed by atoms with Crippen LogP contribution in [0.25, 0.3) is 10.2 Å². The smallest absolute Gasteiger partial charge is 0.248 e. The molecular formula is C11H13N3O2S. The third-order valence-corrected chi connectivity index (χ3v) is 2.96. The second kappa shape index (κ2) is 4.21. The van der Waals surface area contributed by atoms with Crippen molar-refractivity contribution in [3.8, 4) is 5.75 Å². The quantitative estimate of drug-likeness (QED) is 0.869. The van der Waals surface area contributed by atoms with Crippen molar-refractivity contribution in [3.63, 3.8) is 0 Å². The minimum atomic E-state index is -0.493. The summed E-state index contributed by atoms with van der Waals surface area (Å²) in [5.74, 6) is 0.0479. The van der Waals surface area contributed by atoms with E-state index in [9.17, 15) is 4.79 Å². The van der Waals surface area contributed by atoms with Crippen molar-refractivity contribution < 1.29 is 9.53 Å². The molecule has 2 aromatic rings. The molecule has 4 N–H and O–H groups in total. The first kappa shape index (κ1) is 11.7. The number of primary amides is 1. The van der Waals surface area contributed by atoms with Crippen LogP contribution in [0.4, 0.5) is 5.13 Å². The summed E-state index contributed by atoms with van der Waals surface area (Å²) in [5.41, 5.74) is 12.0. The molecule has 90 valence electrons. The summed E-state index contributed by atoms with van der Waals surface area (Å²) < 4.78 is 6.41. The fourth-order valence-electron chi connectivity index (χ4n) is 1.50. The Labute approximate surface area is 102 Å². The van der Waals surface area contributed by atoms with E-state index in [1.807, 2.05) is 13.8 Å². The molecule has 0 aliphatic carbocycles. The van der Waals surface area contributed by atoms with Crippen molar-refractivity contribution >= 4 is 32.6 Å². The van der Waals surface area contributed by atoms with Gasteiger partial charge in [-0.25, -0.2) is 4.98 Å². The number of anilines is 1. The number of ether oxygens (including phenoxy) is 1. The minimum Gasteiger partial charge on any atom is -0.489 e. The Bertz CT molecular complexity index is 577. The molecule has 0 aliphatic heterocycles. The highest BCUT2D eigenvalue weighted by atomic mass is 32.1. The highest BCUT2D eigenvalue weighted by Gasteiger charge is 2.13. The summed E-state index contributed by atoms with van der Waals surface area (Å²) in [6.45, 7) is 3.80. The number of rotatable bonds is 3. The lowest BCUT2D eigenvalue weighted by molar-refractivity contribution is 0.0999. The maximum Gasteiger partial charge on any atom is 0.248 e. The van der Waals surface area contributed by atoms with E-state index in [1.165, 1.54) is 11.3 Å². The van der Waals surface area contributed by atoms with Gasteiger partial charge < -0.3 is 16.2 Å². The van der Waals surface area contributed by atoms with Gasteiger partial charge in [-0.3, -0.25) is 4.79 Å². The molecule has 2 rings (SSSR count). The average Bonchev–Trinajstić information content (AvgIpc) is 2.57. The van der Waals surface area contributed by atoms with Gasteiger partial charge in [0.25, 0.3) is 0 Å². The van der Waals surface area contributed by atoms with E-state index in [0.717, 1.165) is 4.70 Å². The minimum absolute atomic E-state index is 0.00995. The maximum absolute atomic E-state index is 11.2. The number of hydrogen-bond donors (Lipinski definition) is 2. The SMILES string of the molecule is CC(C)Oc1cc(C(N)=O)cc2sc(N)nc12. The second-order valence-corrected chi connectivity index (χ2v) is 4.97. The van der Waals surface area contributed by atoms with Crippen molar-refractivity contribution in [3.05, 3.63) is 17.7 Å². The molecule has 5 nitrogen and oxygen atoms in total. The van der Waals surface area contributed by atoms with E-state index >= 15 is 0 Å². The van der Waals surface area contributed by atoms with Crippen LogP contribution in [0.3, 0.4) is 0 Å². The Morgan fingerprint density at radius 1 is 1.47 bits per heavy atom. The van der Waals surface area contributed by atoms with Gasteiger partial charge >= 0.3 is 0 Å². The number of amides is 1. The highest BCUT2D eigenvalue weighted by molar-refractivity contribution is 7.22. The fourth-order valence-corrected chi connectivity index (χ4v) is 2.29. The summed E-state index contributed by atoms with van der Waals surface area (Å²) in [7, 11) is 0. The molecule has 0 aliphatic rings. The van der Waals surface area contributed by atoms with Crippen LogP contribution in [0.15, 0.2) is 12.1 Å². The zero-order valence-corrected chi connectivity index (χ0v) is 10.4. The number of benzene rings is 1. The van der Waals surface area contributed by atoms with E-state index in [0.29, 0.717) is 22.0 Å².